The van der Waals surface area contributed by atoms with Crippen LogP contribution in [0, 0.1) is 0 Å². The molecule has 0 bridgehead atoms. The second kappa shape index (κ2) is 8.18. The van der Waals surface area contributed by atoms with E-state index in [1.165, 1.54) is 0 Å². The molecule has 3 aromatic rings. The normalized spacial score (nSPS) is 15.1. The third-order valence-corrected chi connectivity index (χ3v) is 4.77. The van der Waals surface area contributed by atoms with Crippen LogP contribution in [-0.2, 0) is 13.0 Å². The van der Waals surface area contributed by atoms with Crippen LogP contribution in [0.15, 0.2) is 49.2 Å². The molecular weight excluding hydrogens is 338 g/mol. The van der Waals surface area contributed by atoms with Crippen molar-refractivity contribution in [2.45, 2.75) is 19.9 Å². The number of aryl methyl sites for hydroxylation is 1. The van der Waals surface area contributed by atoms with Crippen LogP contribution in [0.3, 0.4) is 0 Å². The number of anilines is 1. The molecule has 0 N–H and O–H groups in total. The standard InChI is InChI=1S/C20H23N7/c1-2-17-11-19(25-15-24-17)27-9-7-26(8-10-27)14-16-12-22-20(23-13-16)18-5-3-4-6-21-18/h3-6,11-13,15H,2,7-10,14H2,1H3. The summed E-state index contributed by atoms with van der Waals surface area (Å²) in [5, 5.41) is 0. The average molecular weight is 361 g/mol. The van der Waals surface area contributed by atoms with Crippen LogP contribution in [-0.4, -0.2) is 56.0 Å². The highest BCUT2D eigenvalue weighted by Gasteiger charge is 2.18. The van der Waals surface area contributed by atoms with Crippen molar-refractivity contribution >= 4 is 5.82 Å². The van der Waals surface area contributed by atoms with E-state index < -0.39 is 0 Å². The highest BCUT2D eigenvalue weighted by atomic mass is 15.3. The summed E-state index contributed by atoms with van der Waals surface area (Å²) in [6.45, 7) is 6.90. The molecular formula is C20H23N7. The molecule has 1 fully saturated rings. The van der Waals surface area contributed by atoms with Gasteiger partial charge >= 0.3 is 0 Å². The molecule has 0 unspecified atom stereocenters. The molecule has 0 saturated carbocycles. The summed E-state index contributed by atoms with van der Waals surface area (Å²) in [5.41, 5.74) is 3.01. The van der Waals surface area contributed by atoms with Crippen LogP contribution in [0.5, 0.6) is 0 Å². The molecule has 7 heteroatoms. The van der Waals surface area contributed by atoms with Crippen molar-refractivity contribution in [3.8, 4) is 11.5 Å². The van der Waals surface area contributed by atoms with Crippen molar-refractivity contribution in [3.05, 3.63) is 60.4 Å². The number of pyridine rings is 1. The monoisotopic (exact) mass is 361 g/mol. The summed E-state index contributed by atoms with van der Waals surface area (Å²) in [4.78, 5) is 26.7. The Hall–Kier alpha value is -2.93. The van der Waals surface area contributed by atoms with Gasteiger partial charge in [0.1, 0.15) is 17.8 Å². The van der Waals surface area contributed by atoms with Gasteiger partial charge in [0.15, 0.2) is 5.82 Å². The quantitative estimate of drug-likeness (QED) is 0.690. The first-order valence-electron chi connectivity index (χ1n) is 9.32. The molecule has 27 heavy (non-hydrogen) atoms. The number of piperazine rings is 1. The molecule has 0 atom stereocenters. The number of hydrogen-bond acceptors (Lipinski definition) is 7. The van der Waals surface area contributed by atoms with E-state index >= 15 is 0 Å². The van der Waals surface area contributed by atoms with Gasteiger partial charge in [-0.05, 0) is 18.6 Å². The summed E-state index contributed by atoms with van der Waals surface area (Å²) >= 11 is 0. The van der Waals surface area contributed by atoms with Crippen molar-refractivity contribution in [3.63, 3.8) is 0 Å². The molecule has 0 aromatic carbocycles. The van der Waals surface area contributed by atoms with Crippen molar-refractivity contribution in [1.29, 1.82) is 0 Å². The highest BCUT2D eigenvalue weighted by Crippen LogP contribution is 2.16. The lowest BCUT2D eigenvalue weighted by molar-refractivity contribution is 0.249. The number of nitrogens with zero attached hydrogens (tertiary/aromatic N) is 7. The van der Waals surface area contributed by atoms with Gasteiger partial charge in [0.05, 0.1) is 0 Å². The maximum Gasteiger partial charge on any atom is 0.178 e. The number of hydrogen-bond donors (Lipinski definition) is 0. The van der Waals surface area contributed by atoms with Gasteiger partial charge in [0.2, 0.25) is 0 Å². The van der Waals surface area contributed by atoms with Gasteiger partial charge in [0, 0.05) is 68.6 Å². The maximum atomic E-state index is 4.47. The maximum absolute atomic E-state index is 4.47. The zero-order valence-corrected chi connectivity index (χ0v) is 15.5. The average Bonchev–Trinajstić information content (AvgIpc) is 2.75. The van der Waals surface area contributed by atoms with Crippen molar-refractivity contribution < 1.29 is 0 Å². The van der Waals surface area contributed by atoms with Crippen LogP contribution in [0.4, 0.5) is 5.82 Å². The van der Waals surface area contributed by atoms with Crippen LogP contribution in [0.1, 0.15) is 18.2 Å². The summed E-state index contributed by atoms with van der Waals surface area (Å²) in [5.74, 6) is 1.70. The van der Waals surface area contributed by atoms with Crippen molar-refractivity contribution in [2.24, 2.45) is 0 Å². The molecule has 4 heterocycles. The lowest BCUT2D eigenvalue weighted by atomic mass is 10.2. The summed E-state index contributed by atoms with van der Waals surface area (Å²) in [6.07, 6.45) is 8.17. The number of aromatic nitrogens is 5. The fourth-order valence-electron chi connectivity index (χ4n) is 3.21. The van der Waals surface area contributed by atoms with Crippen molar-refractivity contribution in [1.82, 2.24) is 29.8 Å². The SMILES string of the molecule is CCc1cc(N2CCN(Cc3cnc(-c4ccccn4)nc3)CC2)ncn1. The molecule has 0 spiro atoms. The predicted octanol–water partition coefficient (Wildman–Crippen LogP) is 2.21. The highest BCUT2D eigenvalue weighted by molar-refractivity contribution is 5.47. The first-order chi connectivity index (χ1) is 13.3. The molecule has 1 aliphatic rings. The van der Waals surface area contributed by atoms with Gasteiger partial charge in [-0.1, -0.05) is 13.0 Å². The first kappa shape index (κ1) is 17.5. The van der Waals surface area contributed by atoms with Gasteiger partial charge < -0.3 is 4.90 Å². The predicted molar refractivity (Wildman–Crippen MR) is 104 cm³/mol. The van der Waals surface area contributed by atoms with Gasteiger partial charge in [-0.25, -0.2) is 19.9 Å². The molecule has 1 saturated heterocycles. The third-order valence-electron chi connectivity index (χ3n) is 4.77. The fraction of sp³-hybridized carbons (Fsp3) is 0.350. The van der Waals surface area contributed by atoms with E-state index in [9.17, 15) is 0 Å². The number of rotatable bonds is 5. The molecule has 0 radical (unpaired) electrons. The van der Waals surface area contributed by atoms with Crippen LogP contribution in [0.2, 0.25) is 0 Å². The van der Waals surface area contributed by atoms with E-state index in [1.807, 2.05) is 30.6 Å². The smallest absolute Gasteiger partial charge is 0.178 e. The van der Waals surface area contributed by atoms with Gasteiger partial charge in [0.25, 0.3) is 0 Å². The molecule has 1 aliphatic heterocycles. The topological polar surface area (TPSA) is 70.9 Å². The lowest BCUT2D eigenvalue weighted by Gasteiger charge is -2.35. The van der Waals surface area contributed by atoms with E-state index in [2.05, 4.69) is 47.7 Å². The van der Waals surface area contributed by atoms with E-state index in [-0.39, 0.29) is 0 Å². The molecule has 3 aromatic heterocycles. The molecule has 138 valence electrons. The van der Waals surface area contributed by atoms with Crippen molar-refractivity contribution in [2.75, 3.05) is 31.1 Å². The molecule has 7 nitrogen and oxygen atoms in total. The minimum Gasteiger partial charge on any atom is -0.354 e. The first-order valence-corrected chi connectivity index (χ1v) is 9.32. The van der Waals surface area contributed by atoms with Gasteiger partial charge in [-0.15, -0.1) is 0 Å². The Morgan fingerprint density at radius 1 is 0.926 bits per heavy atom. The van der Waals surface area contributed by atoms with Crippen LogP contribution in [0.25, 0.3) is 11.5 Å². The minimum atomic E-state index is 0.666. The molecule has 0 amide bonds. The Kier molecular flexibility index (Phi) is 5.29. The van der Waals surface area contributed by atoms with E-state index in [4.69, 9.17) is 0 Å². The largest absolute Gasteiger partial charge is 0.354 e. The summed E-state index contributed by atoms with van der Waals surface area (Å²) in [6, 6.07) is 7.85. The molecule has 0 aliphatic carbocycles. The van der Waals surface area contributed by atoms with Gasteiger partial charge in [-0.3, -0.25) is 9.88 Å². The Balaban J connectivity index is 1.34. The third kappa shape index (κ3) is 4.25. The minimum absolute atomic E-state index is 0.666. The Morgan fingerprint density at radius 3 is 2.44 bits per heavy atom. The van der Waals surface area contributed by atoms with E-state index in [1.54, 1.807) is 12.5 Å². The summed E-state index contributed by atoms with van der Waals surface area (Å²) < 4.78 is 0. The lowest BCUT2D eigenvalue weighted by Crippen LogP contribution is -2.46. The van der Waals surface area contributed by atoms with E-state index in [0.717, 1.165) is 61.9 Å². The zero-order valence-electron chi connectivity index (χ0n) is 15.5. The fourth-order valence-corrected chi connectivity index (χ4v) is 3.21. The Morgan fingerprint density at radius 2 is 1.74 bits per heavy atom. The van der Waals surface area contributed by atoms with Crippen LogP contribution >= 0.6 is 0 Å². The summed E-state index contributed by atoms with van der Waals surface area (Å²) in [7, 11) is 0. The Labute approximate surface area is 159 Å². The van der Waals surface area contributed by atoms with Crippen LogP contribution < -0.4 is 4.90 Å². The Bertz CT molecular complexity index is 859. The van der Waals surface area contributed by atoms with E-state index in [0.29, 0.717) is 5.82 Å². The second-order valence-electron chi connectivity index (χ2n) is 6.61. The van der Waals surface area contributed by atoms with Gasteiger partial charge in [-0.2, -0.15) is 0 Å². The molecule has 4 rings (SSSR count). The zero-order chi connectivity index (χ0) is 18.5. The second-order valence-corrected chi connectivity index (χ2v) is 6.61.